The summed E-state index contributed by atoms with van der Waals surface area (Å²) in [6, 6.07) is 0. The summed E-state index contributed by atoms with van der Waals surface area (Å²) >= 11 is 0. The Hall–Kier alpha value is -1.06. The molecule has 15 heavy (non-hydrogen) atoms. The molecule has 0 unspecified atom stereocenters. The van der Waals surface area contributed by atoms with Crippen molar-refractivity contribution in [3.63, 3.8) is 0 Å². The smallest absolute Gasteiger partial charge is 0.305 e. The molecule has 1 fully saturated rings. The van der Waals surface area contributed by atoms with E-state index in [1.54, 1.807) is 13.8 Å². The second-order valence-corrected chi connectivity index (χ2v) is 4.61. The number of rotatable bonds is 0. The van der Waals surface area contributed by atoms with Crippen LogP contribution >= 0.6 is 0 Å². The summed E-state index contributed by atoms with van der Waals surface area (Å²) in [5.41, 5.74) is -0.625. The lowest BCUT2D eigenvalue weighted by Gasteiger charge is -2.22. The van der Waals surface area contributed by atoms with Gasteiger partial charge in [-0.05, 0) is 26.7 Å². The van der Waals surface area contributed by atoms with Gasteiger partial charge in [-0.15, -0.1) is 0 Å². The summed E-state index contributed by atoms with van der Waals surface area (Å²) in [5, 5.41) is 2.85. The molecule has 0 spiro atoms. The van der Waals surface area contributed by atoms with E-state index in [0.717, 1.165) is 19.3 Å². The highest BCUT2D eigenvalue weighted by Crippen LogP contribution is 2.17. The summed E-state index contributed by atoms with van der Waals surface area (Å²) in [6.45, 7) is 4.43. The van der Waals surface area contributed by atoms with Gasteiger partial charge in [-0.2, -0.15) is 0 Å². The van der Waals surface area contributed by atoms with Crippen LogP contribution in [0.4, 0.5) is 0 Å². The number of hydrogen-bond acceptors (Lipinski definition) is 3. The van der Waals surface area contributed by atoms with Gasteiger partial charge < -0.3 is 10.1 Å². The highest BCUT2D eigenvalue weighted by atomic mass is 16.5. The Morgan fingerprint density at radius 1 is 1.20 bits per heavy atom. The molecule has 0 atom stereocenters. The molecule has 1 N–H and O–H groups in total. The van der Waals surface area contributed by atoms with Crippen molar-refractivity contribution in [3.05, 3.63) is 0 Å². The van der Waals surface area contributed by atoms with Crippen molar-refractivity contribution < 1.29 is 14.3 Å². The molecule has 0 aliphatic carbocycles. The van der Waals surface area contributed by atoms with E-state index in [2.05, 4.69) is 5.32 Å². The lowest BCUT2D eigenvalue weighted by Crippen LogP contribution is -2.40. The van der Waals surface area contributed by atoms with Crippen molar-refractivity contribution in [3.8, 4) is 0 Å². The molecule has 86 valence electrons. The number of amides is 1. The first-order chi connectivity index (χ1) is 7.02. The fraction of sp³-hybridized carbons (Fsp3) is 0.818. The molecule has 0 aromatic carbocycles. The predicted molar refractivity (Wildman–Crippen MR) is 56.2 cm³/mol. The van der Waals surface area contributed by atoms with Gasteiger partial charge in [0, 0.05) is 13.0 Å². The molecule has 1 aliphatic heterocycles. The summed E-state index contributed by atoms with van der Waals surface area (Å²) < 4.78 is 5.06. The molecule has 4 heteroatoms. The molecule has 1 saturated heterocycles. The van der Waals surface area contributed by atoms with Crippen LogP contribution in [0.15, 0.2) is 0 Å². The Bertz CT molecular complexity index is 248. The van der Waals surface area contributed by atoms with E-state index in [0.29, 0.717) is 13.0 Å². The summed E-state index contributed by atoms with van der Waals surface area (Å²) in [7, 11) is 0. The lowest BCUT2D eigenvalue weighted by molar-refractivity contribution is -0.149. The number of esters is 1. The fourth-order valence-corrected chi connectivity index (χ4v) is 1.41. The number of hydrogen-bond donors (Lipinski definition) is 1. The van der Waals surface area contributed by atoms with E-state index in [4.69, 9.17) is 4.74 Å². The first-order valence-corrected chi connectivity index (χ1v) is 5.46. The van der Waals surface area contributed by atoms with Gasteiger partial charge in [-0.1, -0.05) is 6.42 Å². The van der Waals surface area contributed by atoms with E-state index in [9.17, 15) is 9.59 Å². The van der Waals surface area contributed by atoms with E-state index >= 15 is 0 Å². The largest absolute Gasteiger partial charge is 0.465 e. The molecular formula is C11H19NO3. The maximum Gasteiger partial charge on any atom is 0.305 e. The van der Waals surface area contributed by atoms with Gasteiger partial charge >= 0.3 is 5.97 Å². The van der Waals surface area contributed by atoms with Crippen molar-refractivity contribution in [2.45, 2.75) is 39.5 Å². The minimum absolute atomic E-state index is 0.0443. The van der Waals surface area contributed by atoms with Crippen LogP contribution in [0, 0.1) is 5.41 Å². The number of cyclic esters (lactones) is 1. The third-order valence-corrected chi connectivity index (χ3v) is 2.55. The number of carbonyl (C=O) groups is 2. The minimum Gasteiger partial charge on any atom is -0.465 e. The molecule has 1 amide bonds. The zero-order valence-corrected chi connectivity index (χ0v) is 9.47. The maximum atomic E-state index is 11.7. The standard InChI is InChI=1S/C11H19NO3/c1-11(2)8-15-9(13)6-4-3-5-7-12-10(11)14/h3-8H2,1-2H3,(H,12,14). The van der Waals surface area contributed by atoms with Crippen LogP contribution in [-0.2, 0) is 14.3 Å². The average molecular weight is 213 g/mol. The zero-order valence-electron chi connectivity index (χ0n) is 9.47. The van der Waals surface area contributed by atoms with Crippen LogP contribution in [0.1, 0.15) is 39.5 Å². The maximum absolute atomic E-state index is 11.7. The zero-order chi connectivity index (χ0) is 11.3. The van der Waals surface area contributed by atoms with Crippen molar-refractivity contribution >= 4 is 11.9 Å². The molecule has 1 heterocycles. The third kappa shape index (κ3) is 3.90. The summed E-state index contributed by atoms with van der Waals surface area (Å²) in [5.74, 6) is -0.241. The van der Waals surface area contributed by atoms with Gasteiger partial charge in [-0.25, -0.2) is 0 Å². The Morgan fingerprint density at radius 2 is 1.93 bits per heavy atom. The van der Waals surface area contributed by atoms with Crippen molar-refractivity contribution in [2.75, 3.05) is 13.2 Å². The highest BCUT2D eigenvalue weighted by Gasteiger charge is 2.29. The SMILES string of the molecule is CC1(C)COC(=O)CCCCCNC1=O. The fourth-order valence-electron chi connectivity index (χ4n) is 1.41. The lowest BCUT2D eigenvalue weighted by atomic mass is 9.93. The first kappa shape index (κ1) is 12.0. The second-order valence-electron chi connectivity index (χ2n) is 4.61. The van der Waals surface area contributed by atoms with Gasteiger partial charge in [0.05, 0.1) is 5.41 Å². The minimum atomic E-state index is -0.625. The summed E-state index contributed by atoms with van der Waals surface area (Å²) in [4.78, 5) is 22.9. The Morgan fingerprint density at radius 3 is 2.67 bits per heavy atom. The molecule has 1 rings (SSSR count). The molecule has 0 aromatic heterocycles. The highest BCUT2D eigenvalue weighted by molar-refractivity contribution is 5.82. The molecule has 0 radical (unpaired) electrons. The van der Waals surface area contributed by atoms with E-state index in [1.807, 2.05) is 0 Å². The van der Waals surface area contributed by atoms with Gasteiger partial charge in [0.15, 0.2) is 0 Å². The van der Waals surface area contributed by atoms with Gasteiger partial charge in [0.25, 0.3) is 0 Å². The van der Waals surface area contributed by atoms with E-state index < -0.39 is 5.41 Å². The second kappa shape index (κ2) is 5.14. The Balaban J connectivity index is 2.59. The van der Waals surface area contributed by atoms with Gasteiger partial charge in [0.1, 0.15) is 6.61 Å². The monoisotopic (exact) mass is 213 g/mol. The topological polar surface area (TPSA) is 55.4 Å². The van der Waals surface area contributed by atoms with Gasteiger partial charge in [-0.3, -0.25) is 9.59 Å². The molecule has 0 bridgehead atoms. The number of ether oxygens (including phenoxy) is 1. The molecule has 4 nitrogen and oxygen atoms in total. The quantitative estimate of drug-likeness (QED) is 0.616. The predicted octanol–water partition coefficient (Wildman–Crippen LogP) is 1.25. The van der Waals surface area contributed by atoms with Crippen LogP contribution in [0.3, 0.4) is 0 Å². The number of nitrogens with one attached hydrogen (secondary N) is 1. The van der Waals surface area contributed by atoms with E-state index in [-0.39, 0.29) is 18.5 Å². The Labute approximate surface area is 90.4 Å². The first-order valence-electron chi connectivity index (χ1n) is 5.46. The van der Waals surface area contributed by atoms with Crippen molar-refractivity contribution in [1.82, 2.24) is 5.32 Å². The van der Waals surface area contributed by atoms with Crippen LogP contribution < -0.4 is 5.32 Å². The van der Waals surface area contributed by atoms with Crippen molar-refractivity contribution in [1.29, 1.82) is 0 Å². The molecule has 0 aromatic rings. The van der Waals surface area contributed by atoms with Crippen molar-refractivity contribution in [2.24, 2.45) is 5.41 Å². The normalized spacial score (nSPS) is 23.6. The van der Waals surface area contributed by atoms with Crippen LogP contribution in [0.5, 0.6) is 0 Å². The Kier molecular flexibility index (Phi) is 4.12. The third-order valence-electron chi connectivity index (χ3n) is 2.55. The average Bonchev–Trinajstić information content (AvgIpc) is 2.20. The molecule has 1 aliphatic rings. The molecule has 0 saturated carbocycles. The summed E-state index contributed by atoms with van der Waals surface area (Å²) in [6.07, 6.45) is 3.18. The van der Waals surface area contributed by atoms with Crippen LogP contribution in [-0.4, -0.2) is 25.0 Å². The van der Waals surface area contributed by atoms with Gasteiger partial charge in [0.2, 0.25) is 5.91 Å². The molecular weight excluding hydrogens is 194 g/mol. The number of carbonyl (C=O) groups excluding carboxylic acids is 2. The van der Waals surface area contributed by atoms with Crippen LogP contribution in [0.2, 0.25) is 0 Å². The van der Waals surface area contributed by atoms with Crippen LogP contribution in [0.25, 0.3) is 0 Å². The van der Waals surface area contributed by atoms with E-state index in [1.165, 1.54) is 0 Å².